The quantitative estimate of drug-likeness (QED) is 0.0811. The zero-order valence-electron chi connectivity index (χ0n) is 29.3. The number of benzene rings is 4. The van der Waals surface area contributed by atoms with Crippen LogP contribution in [0.15, 0.2) is 97.1 Å². The number of non-ortho nitro benzene ring substituents is 2. The number of aromatic nitrogens is 2. The van der Waals surface area contributed by atoms with Crippen molar-refractivity contribution in [3.8, 4) is 22.8 Å². The molecule has 276 valence electrons. The number of nitro groups is 2. The SMILES string of the molecule is COc1ccc(C2/C(=C/c3ccc([N+](=O)[O-])cc3)c3nn(C(C)=O)c(-c4ccc([N+](=O)[O-])cc4)c3C(c3ccc(OC)cc3)C23C(=O)NC(=S)NC3=O)cc1. The number of carbonyl (C=O) groups is 3. The van der Waals surface area contributed by atoms with E-state index in [9.17, 15) is 25.0 Å². The van der Waals surface area contributed by atoms with Crippen LogP contribution in [0.25, 0.3) is 22.9 Å². The van der Waals surface area contributed by atoms with Gasteiger partial charge in [0.15, 0.2) is 10.5 Å². The lowest BCUT2D eigenvalue weighted by molar-refractivity contribution is -0.385. The molecule has 2 unspecified atom stereocenters. The fourth-order valence-electron chi connectivity index (χ4n) is 7.50. The Balaban J connectivity index is 1.67. The number of allylic oxidation sites excluding steroid dienone is 1. The third kappa shape index (κ3) is 6.07. The van der Waals surface area contributed by atoms with Crippen molar-refractivity contribution in [3.05, 3.63) is 145 Å². The maximum absolute atomic E-state index is 15.1. The van der Waals surface area contributed by atoms with Gasteiger partial charge in [-0.25, -0.2) is 0 Å². The predicted octanol–water partition coefficient (Wildman–Crippen LogP) is 6.03. The molecule has 1 aliphatic carbocycles. The molecule has 16 heteroatoms. The van der Waals surface area contributed by atoms with Crippen LogP contribution in [0.5, 0.6) is 11.5 Å². The first-order chi connectivity index (χ1) is 26.4. The number of hydrogen-bond donors (Lipinski definition) is 2. The molecule has 7 rings (SSSR count). The van der Waals surface area contributed by atoms with Crippen molar-refractivity contribution in [2.24, 2.45) is 5.41 Å². The van der Waals surface area contributed by atoms with Gasteiger partial charge in [0, 0.05) is 54.2 Å². The van der Waals surface area contributed by atoms with Crippen LogP contribution in [0.4, 0.5) is 11.4 Å². The van der Waals surface area contributed by atoms with Crippen LogP contribution in [0, 0.1) is 25.6 Å². The second kappa shape index (κ2) is 14.1. The van der Waals surface area contributed by atoms with Gasteiger partial charge in [-0.15, -0.1) is 0 Å². The van der Waals surface area contributed by atoms with Gasteiger partial charge in [0.05, 0.1) is 35.5 Å². The van der Waals surface area contributed by atoms with Gasteiger partial charge in [0.1, 0.15) is 11.5 Å². The number of amides is 2. The predicted molar refractivity (Wildman–Crippen MR) is 203 cm³/mol. The van der Waals surface area contributed by atoms with Gasteiger partial charge in [-0.3, -0.25) is 34.6 Å². The van der Waals surface area contributed by atoms with E-state index in [0.717, 1.165) is 4.68 Å². The van der Waals surface area contributed by atoms with E-state index in [0.29, 0.717) is 44.9 Å². The minimum atomic E-state index is -2.09. The molecule has 15 nitrogen and oxygen atoms in total. The van der Waals surface area contributed by atoms with E-state index in [4.69, 9.17) is 26.8 Å². The highest BCUT2D eigenvalue weighted by atomic mass is 32.1. The molecule has 1 aromatic heterocycles. The number of nitrogens with one attached hydrogen (secondary N) is 2. The number of methoxy groups -OCH3 is 2. The molecule has 4 aromatic carbocycles. The highest BCUT2D eigenvalue weighted by Crippen LogP contribution is 2.63. The third-order valence-corrected chi connectivity index (χ3v) is 10.1. The van der Waals surface area contributed by atoms with Crippen LogP contribution in [-0.2, 0) is 9.59 Å². The van der Waals surface area contributed by atoms with E-state index in [1.165, 1.54) is 69.7 Å². The van der Waals surface area contributed by atoms with Gasteiger partial charge >= 0.3 is 0 Å². The molecule has 1 saturated heterocycles. The summed E-state index contributed by atoms with van der Waals surface area (Å²) in [4.78, 5) is 65.8. The number of fused-ring (bicyclic) bond motifs is 1. The molecular weight excluding hydrogens is 729 g/mol. The first-order valence-corrected chi connectivity index (χ1v) is 17.1. The Labute approximate surface area is 317 Å². The first kappa shape index (κ1) is 36.3. The van der Waals surface area contributed by atoms with Crippen molar-refractivity contribution in [1.82, 2.24) is 20.4 Å². The summed E-state index contributed by atoms with van der Waals surface area (Å²) in [6, 6.07) is 24.8. The molecule has 2 amide bonds. The molecule has 5 aromatic rings. The first-order valence-electron chi connectivity index (χ1n) is 16.7. The van der Waals surface area contributed by atoms with Crippen molar-refractivity contribution >= 4 is 58.1 Å². The molecule has 2 heterocycles. The Bertz CT molecular complexity index is 2420. The summed E-state index contributed by atoms with van der Waals surface area (Å²) >= 11 is 5.33. The third-order valence-electron chi connectivity index (χ3n) is 9.89. The van der Waals surface area contributed by atoms with Crippen LogP contribution in [0.2, 0.25) is 0 Å². The number of hydrogen-bond acceptors (Lipinski definition) is 11. The van der Waals surface area contributed by atoms with Crippen molar-refractivity contribution < 1.29 is 33.7 Å². The largest absolute Gasteiger partial charge is 0.497 e. The lowest BCUT2D eigenvalue weighted by Crippen LogP contribution is -2.67. The van der Waals surface area contributed by atoms with Crippen LogP contribution >= 0.6 is 12.2 Å². The van der Waals surface area contributed by atoms with Gasteiger partial charge in [0.25, 0.3) is 11.4 Å². The zero-order chi connectivity index (χ0) is 39.2. The number of ether oxygens (including phenoxy) is 2. The maximum atomic E-state index is 15.1. The van der Waals surface area contributed by atoms with Crippen LogP contribution < -0.4 is 20.1 Å². The Kier molecular flexibility index (Phi) is 9.27. The van der Waals surface area contributed by atoms with Crippen LogP contribution in [-0.4, -0.2) is 56.7 Å². The van der Waals surface area contributed by atoms with Gasteiger partial charge in [0.2, 0.25) is 17.7 Å². The number of nitro benzene ring substituents is 2. The van der Waals surface area contributed by atoms with Crippen LogP contribution in [0.3, 0.4) is 0 Å². The fourth-order valence-corrected chi connectivity index (χ4v) is 7.69. The summed E-state index contributed by atoms with van der Waals surface area (Å²) in [7, 11) is 3.00. The monoisotopic (exact) mass is 758 g/mol. The fraction of sp³-hybridized carbons (Fsp3) is 0.154. The minimum Gasteiger partial charge on any atom is -0.497 e. The Morgan fingerprint density at radius 2 is 1.25 bits per heavy atom. The van der Waals surface area contributed by atoms with E-state index < -0.39 is 44.8 Å². The number of nitrogens with zero attached hydrogens (tertiary/aromatic N) is 4. The van der Waals surface area contributed by atoms with Gasteiger partial charge in [-0.2, -0.15) is 9.78 Å². The summed E-state index contributed by atoms with van der Waals surface area (Å²) in [5.41, 5.74) is 0.359. The summed E-state index contributed by atoms with van der Waals surface area (Å²) in [6.45, 7) is 1.30. The molecular formula is C39H30N6O9S. The standard InChI is InChI=1S/C39H30N6O9S/c1-21(46)43-35(25-6-14-27(15-7-25)45(51)52)31-33(24-10-18-29(54-3)19-11-24)39(36(47)40-38(55)41-37(39)48)32(23-8-16-28(53-2)17-9-23)30(34(31)42-43)20-22-4-12-26(13-5-22)44(49)50/h4-20,32-33H,1-3H3,(H2,40,41,47,48,55)/b30-20-. The van der Waals surface area contributed by atoms with E-state index in [2.05, 4.69) is 10.6 Å². The molecule has 1 spiro atoms. The topological polar surface area (TPSA) is 198 Å². The number of carbonyl (C=O) groups excluding carboxylic acids is 3. The minimum absolute atomic E-state index is 0.157. The summed E-state index contributed by atoms with van der Waals surface area (Å²) in [5.74, 6) is -3.34. The zero-order valence-corrected chi connectivity index (χ0v) is 30.2. The summed E-state index contributed by atoms with van der Waals surface area (Å²) in [5, 5.41) is 33.3. The van der Waals surface area contributed by atoms with Crippen molar-refractivity contribution in [2.45, 2.75) is 18.8 Å². The Morgan fingerprint density at radius 1 is 0.782 bits per heavy atom. The highest BCUT2D eigenvalue weighted by Gasteiger charge is 2.66. The molecule has 2 atom stereocenters. The van der Waals surface area contributed by atoms with E-state index in [-0.39, 0.29) is 27.9 Å². The molecule has 1 fully saturated rings. The number of thiocarbonyl (C=S) groups is 1. The molecule has 2 N–H and O–H groups in total. The van der Waals surface area contributed by atoms with Gasteiger partial charge in [-0.05, 0) is 89.1 Å². The average molecular weight is 759 g/mol. The van der Waals surface area contributed by atoms with Gasteiger partial charge in [-0.1, -0.05) is 24.3 Å². The Morgan fingerprint density at radius 3 is 1.71 bits per heavy atom. The van der Waals surface area contributed by atoms with Crippen molar-refractivity contribution in [3.63, 3.8) is 0 Å². The van der Waals surface area contributed by atoms with Gasteiger partial charge < -0.3 is 20.1 Å². The average Bonchev–Trinajstić information content (AvgIpc) is 3.58. The lowest BCUT2D eigenvalue weighted by atomic mass is 9.52. The highest BCUT2D eigenvalue weighted by molar-refractivity contribution is 7.80. The van der Waals surface area contributed by atoms with Crippen LogP contribution in [0.1, 0.15) is 51.5 Å². The smallest absolute Gasteiger partial charge is 0.269 e. The maximum Gasteiger partial charge on any atom is 0.269 e. The summed E-state index contributed by atoms with van der Waals surface area (Å²) < 4.78 is 12.0. The van der Waals surface area contributed by atoms with Crippen molar-refractivity contribution in [2.75, 3.05) is 14.2 Å². The second-order valence-corrected chi connectivity index (χ2v) is 13.2. The molecule has 2 aliphatic rings. The molecule has 0 radical (unpaired) electrons. The normalized spacial score (nSPS) is 17.9. The van der Waals surface area contributed by atoms with E-state index in [1.807, 2.05) is 0 Å². The van der Waals surface area contributed by atoms with Crippen molar-refractivity contribution in [1.29, 1.82) is 0 Å². The molecule has 1 aliphatic heterocycles. The van der Waals surface area contributed by atoms with E-state index >= 15 is 9.59 Å². The lowest BCUT2D eigenvalue weighted by Gasteiger charge is -2.49. The molecule has 55 heavy (non-hydrogen) atoms. The Hall–Kier alpha value is -7.07. The second-order valence-electron chi connectivity index (χ2n) is 12.8. The molecule has 0 saturated carbocycles. The summed E-state index contributed by atoms with van der Waals surface area (Å²) in [6.07, 6.45) is 1.67. The molecule has 0 bridgehead atoms. The number of rotatable bonds is 8. The van der Waals surface area contributed by atoms with E-state index in [1.54, 1.807) is 54.6 Å².